The highest BCUT2D eigenvalue weighted by atomic mass is 16.5. The van der Waals surface area contributed by atoms with Crippen LogP contribution >= 0.6 is 0 Å². The Labute approximate surface area is 160 Å². The molecule has 0 N–H and O–H groups in total. The first-order valence-electron chi connectivity index (χ1n) is 9.54. The normalized spacial score (nSPS) is 15.3. The lowest BCUT2D eigenvalue weighted by atomic mass is 9.98. The van der Waals surface area contributed by atoms with Crippen LogP contribution in [0.5, 0.6) is 11.5 Å². The molecule has 2 aromatic rings. The predicted molar refractivity (Wildman–Crippen MR) is 106 cm³/mol. The maximum Gasteiger partial charge on any atom is 0.224 e. The number of benzene rings is 2. The number of para-hydroxylation sites is 1. The third kappa shape index (κ3) is 3.46. The maximum atomic E-state index is 12.8. The van der Waals surface area contributed by atoms with Gasteiger partial charge in [0.1, 0.15) is 0 Å². The van der Waals surface area contributed by atoms with E-state index in [1.807, 2.05) is 17.0 Å². The van der Waals surface area contributed by atoms with Gasteiger partial charge in [-0.15, -0.1) is 0 Å². The van der Waals surface area contributed by atoms with Crippen LogP contribution in [0.2, 0.25) is 0 Å². The summed E-state index contributed by atoms with van der Waals surface area (Å²) in [6.45, 7) is 3.20. The first-order chi connectivity index (χ1) is 13.2. The zero-order valence-corrected chi connectivity index (χ0v) is 16.0. The highest BCUT2D eigenvalue weighted by Crippen LogP contribution is 2.33. The van der Waals surface area contributed by atoms with E-state index in [0.717, 1.165) is 49.5 Å². The zero-order chi connectivity index (χ0) is 18.8. The Morgan fingerprint density at radius 3 is 2.44 bits per heavy atom. The molecule has 0 spiro atoms. The van der Waals surface area contributed by atoms with Crippen LogP contribution < -0.4 is 14.4 Å². The topological polar surface area (TPSA) is 42.0 Å². The molecule has 0 aromatic heterocycles. The second-order valence-corrected chi connectivity index (χ2v) is 7.16. The monoisotopic (exact) mass is 366 g/mol. The summed E-state index contributed by atoms with van der Waals surface area (Å²) in [5.41, 5.74) is 5.06. The Morgan fingerprint density at radius 1 is 0.963 bits per heavy atom. The summed E-state index contributed by atoms with van der Waals surface area (Å²) < 4.78 is 10.8. The van der Waals surface area contributed by atoms with Gasteiger partial charge in [0, 0.05) is 38.3 Å². The first kappa shape index (κ1) is 17.7. The SMILES string of the molecule is COc1cc2c(cc1OC)CN(C(=O)CCN1CCc3ccccc31)CC2. The summed E-state index contributed by atoms with van der Waals surface area (Å²) in [5, 5.41) is 0. The van der Waals surface area contributed by atoms with E-state index in [0.29, 0.717) is 13.0 Å². The predicted octanol–water partition coefficient (Wildman–Crippen LogP) is 3.04. The van der Waals surface area contributed by atoms with Crippen molar-refractivity contribution in [1.82, 2.24) is 4.90 Å². The van der Waals surface area contributed by atoms with Crippen LogP contribution in [0.4, 0.5) is 5.69 Å². The van der Waals surface area contributed by atoms with Crippen molar-refractivity contribution in [2.75, 3.05) is 38.8 Å². The lowest BCUT2D eigenvalue weighted by Crippen LogP contribution is -2.38. The van der Waals surface area contributed by atoms with Gasteiger partial charge in [0.25, 0.3) is 0 Å². The van der Waals surface area contributed by atoms with Gasteiger partial charge in [0.15, 0.2) is 11.5 Å². The zero-order valence-electron chi connectivity index (χ0n) is 16.0. The molecule has 0 radical (unpaired) electrons. The van der Waals surface area contributed by atoms with Gasteiger partial charge in [-0.05, 0) is 47.7 Å². The van der Waals surface area contributed by atoms with E-state index in [4.69, 9.17) is 9.47 Å². The number of hydrogen-bond donors (Lipinski definition) is 0. The minimum atomic E-state index is 0.222. The third-order valence-corrected chi connectivity index (χ3v) is 5.65. The lowest BCUT2D eigenvalue weighted by Gasteiger charge is -2.30. The second-order valence-electron chi connectivity index (χ2n) is 7.16. The van der Waals surface area contributed by atoms with Crippen molar-refractivity contribution < 1.29 is 14.3 Å². The molecule has 2 aromatic carbocycles. The molecule has 2 aliphatic heterocycles. The van der Waals surface area contributed by atoms with Gasteiger partial charge >= 0.3 is 0 Å². The van der Waals surface area contributed by atoms with E-state index in [2.05, 4.69) is 29.2 Å². The third-order valence-electron chi connectivity index (χ3n) is 5.65. The molecule has 0 unspecified atom stereocenters. The molecule has 2 heterocycles. The quantitative estimate of drug-likeness (QED) is 0.816. The molecule has 0 atom stereocenters. The Kier molecular flexibility index (Phi) is 4.92. The number of rotatable bonds is 5. The van der Waals surface area contributed by atoms with E-state index in [9.17, 15) is 4.79 Å². The molecule has 27 heavy (non-hydrogen) atoms. The Balaban J connectivity index is 1.40. The summed E-state index contributed by atoms with van der Waals surface area (Å²) in [4.78, 5) is 17.1. The average molecular weight is 366 g/mol. The minimum absolute atomic E-state index is 0.222. The number of methoxy groups -OCH3 is 2. The summed E-state index contributed by atoms with van der Waals surface area (Å²) in [7, 11) is 3.29. The lowest BCUT2D eigenvalue weighted by molar-refractivity contribution is -0.131. The van der Waals surface area contributed by atoms with Crippen LogP contribution in [0, 0.1) is 0 Å². The van der Waals surface area contributed by atoms with E-state index >= 15 is 0 Å². The number of fused-ring (bicyclic) bond motifs is 2. The van der Waals surface area contributed by atoms with Crippen molar-refractivity contribution in [3.8, 4) is 11.5 Å². The van der Waals surface area contributed by atoms with Gasteiger partial charge in [-0.25, -0.2) is 0 Å². The summed E-state index contributed by atoms with van der Waals surface area (Å²) in [5.74, 6) is 1.70. The molecular formula is C22H26N2O3. The van der Waals surface area contributed by atoms with Crippen molar-refractivity contribution in [2.45, 2.75) is 25.8 Å². The van der Waals surface area contributed by atoms with E-state index in [1.165, 1.54) is 16.8 Å². The summed E-state index contributed by atoms with van der Waals surface area (Å²) in [6.07, 6.45) is 2.48. The second kappa shape index (κ2) is 7.51. The molecular weight excluding hydrogens is 340 g/mol. The fraction of sp³-hybridized carbons (Fsp3) is 0.409. The van der Waals surface area contributed by atoms with Gasteiger partial charge < -0.3 is 19.3 Å². The van der Waals surface area contributed by atoms with Crippen LogP contribution in [0.3, 0.4) is 0 Å². The molecule has 0 bridgehead atoms. The Hall–Kier alpha value is -2.69. The molecule has 142 valence electrons. The highest BCUT2D eigenvalue weighted by molar-refractivity contribution is 5.77. The van der Waals surface area contributed by atoms with Crippen LogP contribution in [-0.2, 0) is 24.2 Å². The van der Waals surface area contributed by atoms with Gasteiger partial charge in [-0.3, -0.25) is 4.79 Å². The Bertz CT molecular complexity index is 849. The van der Waals surface area contributed by atoms with Crippen molar-refractivity contribution in [3.05, 3.63) is 53.1 Å². The molecule has 4 rings (SSSR count). The summed E-state index contributed by atoms with van der Waals surface area (Å²) in [6, 6.07) is 12.5. The van der Waals surface area contributed by atoms with Crippen molar-refractivity contribution >= 4 is 11.6 Å². The number of carbonyl (C=O) groups is 1. The van der Waals surface area contributed by atoms with Gasteiger partial charge in [0.05, 0.1) is 14.2 Å². The first-order valence-corrected chi connectivity index (χ1v) is 9.54. The fourth-order valence-electron chi connectivity index (χ4n) is 4.12. The number of anilines is 1. The van der Waals surface area contributed by atoms with Crippen molar-refractivity contribution in [2.24, 2.45) is 0 Å². The number of hydrogen-bond acceptors (Lipinski definition) is 4. The summed E-state index contributed by atoms with van der Waals surface area (Å²) >= 11 is 0. The molecule has 0 fully saturated rings. The number of nitrogens with zero attached hydrogens (tertiary/aromatic N) is 2. The smallest absolute Gasteiger partial charge is 0.224 e. The van der Waals surface area contributed by atoms with Crippen LogP contribution in [0.25, 0.3) is 0 Å². The van der Waals surface area contributed by atoms with Gasteiger partial charge in [0.2, 0.25) is 5.91 Å². The molecule has 0 saturated carbocycles. The largest absolute Gasteiger partial charge is 0.493 e. The van der Waals surface area contributed by atoms with E-state index in [1.54, 1.807) is 14.2 Å². The van der Waals surface area contributed by atoms with Gasteiger partial charge in [-0.2, -0.15) is 0 Å². The van der Waals surface area contributed by atoms with E-state index in [-0.39, 0.29) is 5.91 Å². The van der Waals surface area contributed by atoms with Crippen LogP contribution in [0.15, 0.2) is 36.4 Å². The standard InChI is InChI=1S/C22H26N2O3/c1-26-20-13-17-8-11-24(15-18(17)14-21(20)27-2)22(25)9-12-23-10-7-16-5-3-4-6-19(16)23/h3-6,13-14H,7-12,15H2,1-2H3. The molecule has 2 aliphatic rings. The molecule has 0 aliphatic carbocycles. The average Bonchev–Trinajstić information content (AvgIpc) is 3.13. The maximum absolute atomic E-state index is 12.8. The Morgan fingerprint density at radius 2 is 1.67 bits per heavy atom. The minimum Gasteiger partial charge on any atom is -0.493 e. The molecule has 5 heteroatoms. The molecule has 0 saturated heterocycles. The molecule has 5 nitrogen and oxygen atoms in total. The molecule has 1 amide bonds. The van der Waals surface area contributed by atoms with Crippen LogP contribution in [0.1, 0.15) is 23.1 Å². The van der Waals surface area contributed by atoms with Gasteiger partial charge in [-0.1, -0.05) is 18.2 Å². The number of amides is 1. The van der Waals surface area contributed by atoms with Crippen molar-refractivity contribution in [1.29, 1.82) is 0 Å². The highest BCUT2D eigenvalue weighted by Gasteiger charge is 2.24. The fourth-order valence-corrected chi connectivity index (χ4v) is 4.12. The number of ether oxygens (including phenoxy) is 2. The van der Waals surface area contributed by atoms with Crippen molar-refractivity contribution in [3.63, 3.8) is 0 Å². The van der Waals surface area contributed by atoms with E-state index < -0.39 is 0 Å². The van der Waals surface area contributed by atoms with Crippen LogP contribution in [-0.4, -0.2) is 44.7 Å². The number of carbonyl (C=O) groups excluding carboxylic acids is 1.